The zero-order valence-corrected chi connectivity index (χ0v) is 65.3. The number of aromatic nitrogens is 1. The van der Waals surface area contributed by atoms with Crippen LogP contribution in [0.2, 0.25) is 0 Å². The number of aryl methyl sites for hydroxylation is 1. The highest BCUT2D eigenvalue weighted by Gasteiger charge is 2.50. The number of fused-ring (bicyclic) bond motifs is 16. The summed E-state index contributed by atoms with van der Waals surface area (Å²) in [6.07, 6.45) is 3.06. The van der Waals surface area contributed by atoms with Crippen LogP contribution in [0.15, 0.2) is 97.2 Å². The number of nitrogens with one attached hydrogen (secondary N) is 9. The molecule has 1 aromatic heterocycles. The first-order valence-corrected chi connectivity index (χ1v) is 39.2. The number of aliphatic hydroxyl groups excluding tert-OH is 1. The molecule has 5 aromatic rings. The topological polar surface area (TPSA) is 366 Å². The van der Waals surface area contributed by atoms with Crippen molar-refractivity contribution >= 4 is 81.8 Å². The second kappa shape index (κ2) is 38.7. The Morgan fingerprint density at radius 2 is 1.41 bits per heavy atom. The normalized spacial score (nSPS) is 24.9. The maximum absolute atomic E-state index is 16.2. The van der Waals surface area contributed by atoms with E-state index in [-0.39, 0.29) is 90.0 Å². The maximum Gasteiger partial charge on any atom is 0.246 e. The Labute approximate surface area is 652 Å². The Bertz CT molecular complexity index is 4220. The summed E-state index contributed by atoms with van der Waals surface area (Å²) in [5.41, 5.74) is 2.77. The van der Waals surface area contributed by atoms with Gasteiger partial charge >= 0.3 is 0 Å². The summed E-state index contributed by atoms with van der Waals surface area (Å²) in [5, 5.41) is 37.2. The molecule has 6 aliphatic heterocycles. The predicted octanol–water partition coefficient (Wildman–Crippen LogP) is 2.56. The van der Waals surface area contributed by atoms with Crippen molar-refractivity contribution in [1.29, 1.82) is 0 Å². The van der Waals surface area contributed by atoms with Crippen molar-refractivity contribution in [2.24, 2.45) is 0 Å². The molecule has 29 nitrogen and oxygen atoms in total. The molecule has 1 unspecified atom stereocenters. The smallest absolute Gasteiger partial charge is 0.246 e. The minimum atomic E-state index is -1.85. The van der Waals surface area contributed by atoms with Gasteiger partial charge in [0.05, 0.1) is 47.0 Å². The molecule has 0 saturated carbocycles. The lowest BCUT2D eigenvalue weighted by molar-refractivity contribution is -0.870. The summed E-state index contributed by atoms with van der Waals surface area (Å²) in [4.78, 5) is 183. The molecule has 6 aliphatic rings. The van der Waals surface area contributed by atoms with Crippen molar-refractivity contribution in [2.45, 2.75) is 210 Å². The van der Waals surface area contributed by atoms with Crippen LogP contribution in [0.25, 0.3) is 10.9 Å². The van der Waals surface area contributed by atoms with Crippen molar-refractivity contribution < 1.29 is 81.0 Å². The van der Waals surface area contributed by atoms with Crippen LogP contribution in [0.1, 0.15) is 138 Å². The Kier molecular flexibility index (Phi) is 29.1. The van der Waals surface area contributed by atoms with Gasteiger partial charge in [-0.25, -0.2) is 4.39 Å². The maximum atomic E-state index is 16.2. The zero-order chi connectivity index (χ0) is 80.4. The van der Waals surface area contributed by atoms with Gasteiger partial charge in [-0.05, 0) is 142 Å². The molecule has 7 heterocycles. The number of hydrogen-bond acceptors (Lipinski definition) is 15. The lowest BCUT2D eigenvalue weighted by Gasteiger charge is -2.37. The first kappa shape index (κ1) is 84.1. The van der Waals surface area contributed by atoms with Gasteiger partial charge in [0.1, 0.15) is 66.0 Å². The summed E-state index contributed by atoms with van der Waals surface area (Å²) in [6.45, 7) is 4.88. The Hall–Kier alpha value is -10.3. The van der Waals surface area contributed by atoms with Gasteiger partial charge in [0.2, 0.25) is 70.9 Å². The average molecular weight is 1550 g/mol. The fourth-order valence-corrected chi connectivity index (χ4v) is 15.3. The number of quaternary nitrogens is 1. The van der Waals surface area contributed by atoms with Gasteiger partial charge < -0.3 is 86.2 Å². The molecule has 30 heteroatoms. The van der Waals surface area contributed by atoms with Crippen LogP contribution in [0, 0.1) is 5.82 Å². The molecule has 0 spiro atoms. The quantitative estimate of drug-likeness (QED) is 0.0634. The molecule has 10 atom stereocenters. The molecule has 0 aliphatic carbocycles. The fourth-order valence-electron chi connectivity index (χ4n) is 15.3. The van der Waals surface area contributed by atoms with E-state index in [2.05, 4.69) is 69.0 Å². The van der Waals surface area contributed by atoms with Crippen molar-refractivity contribution in [2.75, 3.05) is 74.1 Å². The fraction of sp³-hybridized carbons (Fsp3) is 0.537. The van der Waals surface area contributed by atoms with E-state index in [1.165, 1.54) is 38.0 Å². The highest BCUT2D eigenvalue weighted by atomic mass is 19.1. The number of aliphatic hydroxyl groups is 1. The molecule has 12 bridgehead atoms. The lowest BCUT2D eigenvalue weighted by atomic mass is 9.95. The molecule has 4 aromatic carbocycles. The molecule has 12 amide bonds. The summed E-state index contributed by atoms with van der Waals surface area (Å²) in [5.74, 6) is -8.99. The number of halogens is 1. The Morgan fingerprint density at radius 3 is 2.15 bits per heavy atom. The largest absolute Gasteiger partial charge is 0.497 e. The van der Waals surface area contributed by atoms with Crippen molar-refractivity contribution in [1.82, 2.24) is 67.1 Å². The number of ether oxygens (including phenoxy) is 2. The molecule has 604 valence electrons. The third kappa shape index (κ3) is 22.7. The number of carbonyl (C=O) groups is 12. The Balaban J connectivity index is 1.08. The zero-order valence-electron chi connectivity index (χ0n) is 65.3. The number of hydrogen-bond donors (Lipinski definition) is 10. The standard InChI is InChI=1S/C82H109FN14O15/c1-51-74(103)91-65(47-86-68(99)19-11-10-14-40-97(4,5)6)76(105)88-62-43-56-17-15-18-57(41-56)46-85-70(101)50-112-67-33-39-95-73(67)78(107)92-72(52(2)98)77(106)90-63(42-54-24-27-60(111-7)28-25-54)80(109)96-38-16-34-82(96,3)81(110)84-35-32-53-20-22-55(23-21-53)48-94(71(102)31-30-69(100)87-51)37-13-9-8-12-36-93-49-58(44-64(79(95)108)89-75(62)104)61-45-59(83)26-29-66(61)93/h15,17-18,20-29,41,45,49,51-52,62-65,67,72-73,98H,8-14,16,19,30-40,42-44,46-48,50H2,1-7H3,(H8-,84,85,86,87,88,89,90,91,92,99,100,101,103,104,105,106,107,110)/p+1/t51-,52+,62-,63-,64-,65?,67-,72-,73-,82-/m0/s1. The summed E-state index contributed by atoms with van der Waals surface area (Å²) in [7, 11) is 7.69. The van der Waals surface area contributed by atoms with Gasteiger partial charge in [0.15, 0.2) is 0 Å². The first-order chi connectivity index (χ1) is 53.5. The van der Waals surface area contributed by atoms with E-state index in [0.29, 0.717) is 96.9 Å². The van der Waals surface area contributed by atoms with E-state index >= 15 is 33.2 Å². The monoisotopic (exact) mass is 1550 g/mol. The number of carbonyl (C=O) groups excluding carboxylic acids is 12. The molecule has 2 saturated heterocycles. The SMILES string of the molecule is COc1ccc(C[C@@H]2NC(=O)[C@H]([C@@H](C)O)NC(=O)[C@@H]3[C@@H]4CCN3C(=O)[C@@H]3Cc5cn(c6ccc(F)cc56)CCCCCCN(Cc5ccc(cc5)CCNC(=O)[C@]5(C)CCCN5C2=O)C(=O)CCC(=O)N[C@@H](C)C(=O)NC(CNC(=O)CCCCC[N+](C)(C)C)C(=O)N[C@@H](Cc2cccc(c2)CNC(=O)CO4)C(=O)N3)cc1. The highest BCUT2D eigenvalue weighted by molar-refractivity contribution is 6.00. The van der Waals surface area contributed by atoms with Crippen molar-refractivity contribution in [3.05, 3.63) is 136 Å². The molecular weight excluding hydrogens is 1440 g/mol. The highest BCUT2D eigenvalue weighted by Crippen LogP contribution is 2.32. The number of benzene rings is 4. The summed E-state index contributed by atoms with van der Waals surface area (Å²) < 4.78 is 30.2. The molecule has 0 radical (unpaired) electrons. The molecular formula is C82H110FN14O15+. The van der Waals surface area contributed by atoms with Crippen LogP contribution >= 0.6 is 0 Å². The van der Waals surface area contributed by atoms with Crippen molar-refractivity contribution in [3.63, 3.8) is 0 Å². The average Bonchev–Trinajstić information content (AvgIpc) is 1.63. The third-order valence-electron chi connectivity index (χ3n) is 21.7. The van der Waals surface area contributed by atoms with Gasteiger partial charge in [-0.1, -0.05) is 73.5 Å². The minimum Gasteiger partial charge on any atom is -0.497 e. The molecule has 10 N–H and O–H groups in total. The summed E-state index contributed by atoms with van der Waals surface area (Å²) in [6, 6.07) is 14.1. The number of amides is 12. The number of nitrogens with zero attached hydrogens (tertiary/aromatic N) is 5. The molecule has 11 rings (SSSR count). The van der Waals surface area contributed by atoms with Gasteiger partial charge in [-0.15, -0.1) is 0 Å². The van der Waals surface area contributed by atoms with Gasteiger partial charge in [-0.3, -0.25) is 57.5 Å². The van der Waals surface area contributed by atoms with Crippen LogP contribution < -0.4 is 52.6 Å². The van der Waals surface area contributed by atoms with E-state index in [0.717, 1.165) is 39.9 Å². The van der Waals surface area contributed by atoms with Gasteiger partial charge in [0, 0.05) is 108 Å². The number of methoxy groups -OCH3 is 1. The van der Waals surface area contributed by atoms with Crippen LogP contribution in [-0.4, -0.2) is 234 Å². The van der Waals surface area contributed by atoms with E-state index in [4.69, 9.17) is 9.47 Å². The Morgan fingerprint density at radius 1 is 0.688 bits per heavy atom. The molecule has 112 heavy (non-hydrogen) atoms. The van der Waals surface area contributed by atoms with Gasteiger partial charge in [-0.2, -0.15) is 0 Å². The summed E-state index contributed by atoms with van der Waals surface area (Å²) >= 11 is 0. The first-order valence-electron chi connectivity index (χ1n) is 39.2. The van der Waals surface area contributed by atoms with Crippen LogP contribution in [0.3, 0.4) is 0 Å². The van der Waals surface area contributed by atoms with Crippen LogP contribution in [0.5, 0.6) is 5.75 Å². The van der Waals surface area contributed by atoms with Crippen LogP contribution in [-0.2, 0) is 108 Å². The van der Waals surface area contributed by atoms with E-state index < -0.39 is 144 Å². The van der Waals surface area contributed by atoms with Crippen LogP contribution in [0.4, 0.5) is 4.39 Å². The van der Waals surface area contributed by atoms with E-state index in [1.807, 2.05) is 28.8 Å². The van der Waals surface area contributed by atoms with E-state index in [1.54, 1.807) is 72.6 Å². The van der Waals surface area contributed by atoms with Gasteiger partial charge in [0.25, 0.3) is 0 Å². The van der Waals surface area contributed by atoms with Crippen molar-refractivity contribution in [3.8, 4) is 5.75 Å². The lowest BCUT2D eigenvalue weighted by Crippen LogP contribution is -2.64. The third-order valence-corrected chi connectivity index (χ3v) is 21.7. The minimum absolute atomic E-state index is 0.0754. The molecule has 2 fully saturated rings. The predicted molar refractivity (Wildman–Crippen MR) is 413 cm³/mol. The number of unbranched alkanes of at least 4 members (excludes halogenated alkanes) is 2. The van der Waals surface area contributed by atoms with E-state index in [9.17, 15) is 33.9 Å². The second-order valence-corrected chi connectivity index (χ2v) is 31.5. The number of rotatable bonds is 12. The second-order valence-electron chi connectivity index (χ2n) is 31.5.